The van der Waals surface area contributed by atoms with E-state index in [-0.39, 0.29) is 30.4 Å². The number of rotatable bonds is 4. The van der Waals surface area contributed by atoms with Crippen LogP contribution in [0.3, 0.4) is 0 Å². The first kappa shape index (κ1) is 15.0. The standard InChI is InChI=1S/C15H24N2O3/c1-10(2)14-8-13(17-20-14)15(19)16-12-7-5-3-4-6-11(12)9-18/h8,10-12,18H,3-7,9H2,1-2H3,(H,16,19)/t11-,12-/m1/s1. The third kappa shape index (κ3) is 3.60. The van der Waals surface area contributed by atoms with Crippen LogP contribution in [0.25, 0.3) is 0 Å². The zero-order chi connectivity index (χ0) is 14.5. The number of carbonyl (C=O) groups excluding carboxylic acids is 1. The van der Waals surface area contributed by atoms with E-state index in [0.717, 1.165) is 31.4 Å². The van der Waals surface area contributed by atoms with Gasteiger partial charge in [0, 0.05) is 30.6 Å². The Bertz CT molecular complexity index is 442. The molecule has 20 heavy (non-hydrogen) atoms. The number of hydrogen-bond donors (Lipinski definition) is 2. The Morgan fingerprint density at radius 2 is 2.20 bits per heavy atom. The van der Waals surface area contributed by atoms with E-state index in [4.69, 9.17) is 4.52 Å². The molecule has 5 heteroatoms. The van der Waals surface area contributed by atoms with Crippen LogP contribution in [0.5, 0.6) is 0 Å². The maximum absolute atomic E-state index is 12.2. The first-order valence-corrected chi connectivity index (χ1v) is 7.50. The van der Waals surface area contributed by atoms with Gasteiger partial charge in [0.15, 0.2) is 5.69 Å². The van der Waals surface area contributed by atoms with E-state index in [1.54, 1.807) is 6.07 Å². The van der Waals surface area contributed by atoms with E-state index in [0.29, 0.717) is 5.69 Å². The van der Waals surface area contributed by atoms with E-state index < -0.39 is 0 Å². The molecule has 1 fully saturated rings. The van der Waals surface area contributed by atoms with Gasteiger partial charge in [-0.25, -0.2) is 0 Å². The summed E-state index contributed by atoms with van der Waals surface area (Å²) in [6.45, 7) is 4.12. The molecule has 1 aliphatic carbocycles. The molecule has 1 saturated carbocycles. The Kier molecular flexibility index (Phi) is 5.17. The minimum atomic E-state index is -0.203. The van der Waals surface area contributed by atoms with Crippen molar-refractivity contribution >= 4 is 5.91 Å². The lowest BCUT2D eigenvalue weighted by molar-refractivity contribution is 0.0890. The van der Waals surface area contributed by atoms with Gasteiger partial charge in [0.25, 0.3) is 5.91 Å². The highest BCUT2D eigenvalue weighted by Gasteiger charge is 2.26. The monoisotopic (exact) mass is 280 g/mol. The van der Waals surface area contributed by atoms with Crippen LogP contribution in [-0.2, 0) is 0 Å². The van der Waals surface area contributed by atoms with Gasteiger partial charge in [-0.05, 0) is 12.8 Å². The van der Waals surface area contributed by atoms with E-state index in [2.05, 4.69) is 10.5 Å². The van der Waals surface area contributed by atoms with Crippen LogP contribution in [-0.4, -0.2) is 28.8 Å². The van der Waals surface area contributed by atoms with E-state index in [9.17, 15) is 9.90 Å². The Hall–Kier alpha value is -1.36. The predicted octanol–water partition coefficient (Wildman–Crippen LogP) is 2.47. The first-order valence-electron chi connectivity index (χ1n) is 7.50. The van der Waals surface area contributed by atoms with Crippen molar-refractivity contribution in [3.8, 4) is 0 Å². The molecule has 2 atom stereocenters. The maximum atomic E-state index is 12.2. The number of hydrogen-bond acceptors (Lipinski definition) is 4. The summed E-state index contributed by atoms with van der Waals surface area (Å²) in [7, 11) is 0. The molecule has 112 valence electrons. The fraction of sp³-hybridized carbons (Fsp3) is 0.733. The molecule has 0 saturated heterocycles. The lowest BCUT2D eigenvalue weighted by Gasteiger charge is -2.23. The number of amides is 1. The van der Waals surface area contributed by atoms with Crippen LogP contribution in [0.2, 0.25) is 0 Å². The fourth-order valence-electron chi connectivity index (χ4n) is 2.70. The molecule has 2 rings (SSSR count). The molecule has 5 nitrogen and oxygen atoms in total. The number of aliphatic hydroxyl groups is 1. The summed E-state index contributed by atoms with van der Waals surface area (Å²) in [4.78, 5) is 12.2. The molecular formula is C15H24N2O3. The Labute approximate surface area is 119 Å². The fourth-order valence-corrected chi connectivity index (χ4v) is 2.70. The van der Waals surface area contributed by atoms with Gasteiger partial charge in [0.2, 0.25) is 0 Å². The Balaban J connectivity index is 2.01. The number of carbonyl (C=O) groups is 1. The highest BCUT2D eigenvalue weighted by molar-refractivity contribution is 5.92. The maximum Gasteiger partial charge on any atom is 0.273 e. The molecule has 1 aromatic heterocycles. The van der Waals surface area contributed by atoms with Gasteiger partial charge >= 0.3 is 0 Å². The molecule has 2 N–H and O–H groups in total. The number of aliphatic hydroxyl groups excluding tert-OH is 1. The summed E-state index contributed by atoms with van der Waals surface area (Å²) in [5, 5.41) is 16.3. The summed E-state index contributed by atoms with van der Waals surface area (Å²) in [6.07, 6.45) is 5.28. The second-order valence-electron chi connectivity index (χ2n) is 5.93. The number of aromatic nitrogens is 1. The highest BCUT2D eigenvalue weighted by atomic mass is 16.5. The Morgan fingerprint density at radius 1 is 1.45 bits per heavy atom. The van der Waals surface area contributed by atoms with E-state index in [1.807, 2.05) is 13.8 Å². The number of nitrogens with zero attached hydrogens (tertiary/aromatic N) is 1. The summed E-state index contributed by atoms with van der Waals surface area (Å²) < 4.78 is 5.15. The van der Waals surface area contributed by atoms with Crippen LogP contribution in [0, 0.1) is 5.92 Å². The topological polar surface area (TPSA) is 75.4 Å². The summed E-state index contributed by atoms with van der Waals surface area (Å²) >= 11 is 0. The highest BCUT2D eigenvalue weighted by Crippen LogP contribution is 2.23. The number of nitrogens with one attached hydrogen (secondary N) is 1. The van der Waals surface area contributed by atoms with Crippen LogP contribution in [0.4, 0.5) is 0 Å². The van der Waals surface area contributed by atoms with E-state index >= 15 is 0 Å². The molecular weight excluding hydrogens is 256 g/mol. The summed E-state index contributed by atoms with van der Waals surface area (Å²) in [5.41, 5.74) is 0.328. The minimum Gasteiger partial charge on any atom is -0.396 e. The van der Waals surface area contributed by atoms with Crippen LogP contribution < -0.4 is 5.32 Å². The third-order valence-corrected chi connectivity index (χ3v) is 4.04. The van der Waals surface area contributed by atoms with Crippen LogP contribution >= 0.6 is 0 Å². The molecule has 0 bridgehead atoms. The van der Waals surface area contributed by atoms with Gasteiger partial charge in [-0.2, -0.15) is 0 Å². The van der Waals surface area contributed by atoms with Crippen molar-refractivity contribution in [3.63, 3.8) is 0 Å². The summed E-state index contributed by atoms with van der Waals surface area (Å²) in [5.74, 6) is 0.880. The van der Waals surface area contributed by atoms with Crippen molar-refractivity contribution in [2.45, 2.75) is 57.9 Å². The molecule has 0 unspecified atom stereocenters. The van der Waals surface area contributed by atoms with Gasteiger partial charge in [0.1, 0.15) is 5.76 Å². The largest absolute Gasteiger partial charge is 0.396 e. The SMILES string of the molecule is CC(C)c1cc(C(=O)N[C@@H]2CCCCC[C@@H]2CO)no1. The van der Waals surface area contributed by atoms with Crippen molar-refractivity contribution in [1.29, 1.82) is 0 Å². The van der Waals surface area contributed by atoms with Gasteiger partial charge in [0.05, 0.1) is 0 Å². The van der Waals surface area contributed by atoms with Crippen molar-refractivity contribution in [2.24, 2.45) is 5.92 Å². The summed E-state index contributed by atoms with van der Waals surface area (Å²) in [6, 6.07) is 1.74. The second-order valence-corrected chi connectivity index (χ2v) is 5.93. The molecule has 0 aromatic carbocycles. The zero-order valence-corrected chi connectivity index (χ0v) is 12.3. The molecule has 0 aliphatic heterocycles. The van der Waals surface area contributed by atoms with Crippen molar-refractivity contribution in [3.05, 3.63) is 17.5 Å². The van der Waals surface area contributed by atoms with Gasteiger partial charge in [-0.15, -0.1) is 0 Å². The average molecular weight is 280 g/mol. The van der Waals surface area contributed by atoms with Crippen molar-refractivity contribution in [1.82, 2.24) is 10.5 Å². The molecule has 1 heterocycles. The third-order valence-electron chi connectivity index (χ3n) is 4.04. The molecule has 0 spiro atoms. The van der Waals surface area contributed by atoms with Crippen LogP contribution in [0.15, 0.2) is 10.6 Å². The molecule has 1 aromatic rings. The molecule has 1 amide bonds. The normalized spacial score (nSPS) is 23.6. The van der Waals surface area contributed by atoms with Gasteiger partial charge in [-0.3, -0.25) is 4.79 Å². The lowest BCUT2D eigenvalue weighted by Crippen LogP contribution is -2.41. The first-order chi connectivity index (χ1) is 9.61. The zero-order valence-electron chi connectivity index (χ0n) is 12.3. The predicted molar refractivity (Wildman–Crippen MR) is 75.5 cm³/mol. The van der Waals surface area contributed by atoms with E-state index in [1.165, 1.54) is 6.42 Å². The minimum absolute atomic E-state index is 0.0363. The van der Waals surface area contributed by atoms with Crippen molar-refractivity contribution < 1.29 is 14.4 Å². The van der Waals surface area contributed by atoms with Crippen LogP contribution in [0.1, 0.15) is 68.1 Å². The second kappa shape index (κ2) is 6.88. The Morgan fingerprint density at radius 3 is 2.85 bits per heavy atom. The van der Waals surface area contributed by atoms with Gasteiger partial charge in [-0.1, -0.05) is 38.3 Å². The smallest absolute Gasteiger partial charge is 0.273 e. The lowest BCUT2D eigenvalue weighted by atomic mass is 9.95. The van der Waals surface area contributed by atoms with Gasteiger partial charge < -0.3 is 14.9 Å². The molecule has 1 aliphatic rings. The molecule has 0 radical (unpaired) electrons. The quantitative estimate of drug-likeness (QED) is 0.831. The average Bonchev–Trinajstić information content (AvgIpc) is 2.82. The van der Waals surface area contributed by atoms with Crippen molar-refractivity contribution in [2.75, 3.05) is 6.61 Å².